The second-order valence-corrected chi connectivity index (χ2v) is 6.81. The van der Waals surface area contributed by atoms with E-state index in [0.717, 1.165) is 29.8 Å². The first kappa shape index (κ1) is 17.4. The SMILES string of the molecule is Fc1ccc(Nc2cc(-c3ccncc3)nc(NC3CCCCC3)n2)cc1. The summed E-state index contributed by atoms with van der Waals surface area (Å²) >= 11 is 0. The molecule has 0 radical (unpaired) electrons. The monoisotopic (exact) mass is 363 g/mol. The molecule has 0 aliphatic heterocycles. The molecule has 0 atom stereocenters. The van der Waals surface area contributed by atoms with Crippen molar-refractivity contribution in [1.82, 2.24) is 15.0 Å². The summed E-state index contributed by atoms with van der Waals surface area (Å²) < 4.78 is 13.2. The van der Waals surface area contributed by atoms with Gasteiger partial charge in [-0.2, -0.15) is 4.98 Å². The van der Waals surface area contributed by atoms with E-state index in [4.69, 9.17) is 4.98 Å². The first-order chi connectivity index (χ1) is 13.3. The van der Waals surface area contributed by atoms with Gasteiger partial charge in [0.05, 0.1) is 5.69 Å². The summed E-state index contributed by atoms with van der Waals surface area (Å²) in [5.41, 5.74) is 2.57. The Bertz CT molecular complexity index is 877. The van der Waals surface area contributed by atoms with E-state index >= 15 is 0 Å². The predicted octanol–water partition coefficient (Wildman–Crippen LogP) is 5.17. The minimum Gasteiger partial charge on any atom is -0.351 e. The number of hydrogen-bond donors (Lipinski definition) is 2. The lowest BCUT2D eigenvalue weighted by atomic mass is 9.96. The molecule has 6 heteroatoms. The maximum atomic E-state index is 13.2. The van der Waals surface area contributed by atoms with E-state index in [1.165, 1.54) is 31.4 Å². The predicted molar refractivity (Wildman–Crippen MR) is 105 cm³/mol. The highest BCUT2D eigenvalue weighted by Gasteiger charge is 2.15. The highest BCUT2D eigenvalue weighted by molar-refractivity contribution is 5.67. The number of hydrogen-bond acceptors (Lipinski definition) is 5. The Labute approximate surface area is 158 Å². The van der Waals surface area contributed by atoms with Crippen molar-refractivity contribution in [2.24, 2.45) is 0 Å². The van der Waals surface area contributed by atoms with Gasteiger partial charge in [-0.05, 0) is 49.2 Å². The molecule has 2 heterocycles. The molecular weight excluding hydrogens is 341 g/mol. The van der Waals surface area contributed by atoms with Gasteiger partial charge in [0.25, 0.3) is 0 Å². The zero-order valence-electron chi connectivity index (χ0n) is 15.0. The fourth-order valence-corrected chi connectivity index (χ4v) is 3.36. The van der Waals surface area contributed by atoms with Crippen LogP contribution in [0.1, 0.15) is 32.1 Å². The van der Waals surface area contributed by atoms with Crippen molar-refractivity contribution in [3.63, 3.8) is 0 Å². The van der Waals surface area contributed by atoms with Crippen LogP contribution in [0.5, 0.6) is 0 Å². The van der Waals surface area contributed by atoms with Crippen LogP contribution in [0.15, 0.2) is 54.9 Å². The van der Waals surface area contributed by atoms with Gasteiger partial charge in [-0.15, -0.1) is 0 Å². The molecule has 0 amide bonds. The Hall–Kier alpha value is -3.02. The Morgan fingerprint density at radius 3 is 2.37 bits per heavy atom. The van der Waals surface area contributed by atoms with Crippen LogP contribution in [0.3, 0.4) is 0 Å². The van der Waals surface area contributed by atoms with Gasteiger partial charge in [-0.25, -0.2) is 9.37 Å². The minimum absolute atomic E-state index is 0.264. The molecule has 4 rings (SSSR count). The summed E-state index contributed by atoms with van der Waals surface area (Å²) in [7, 11) is 0. The van der Waals surface area contributed by atoms with Gasteiger partial charge in [0.2, 0.25) is 5.95 Å². The topological polar surface area (TPSA) is 62.7 Å². The number of nitrogens with one attached hydrogen (secondary N) is 2. The molecule has 138 valence electrons. The quantitative estimate of drug-likeness (QED) is 0.655. The van der Waals surface area contributed by atoms with Crippen molar-refractivity contribution >= 4 is 17.5 Å². The number of benzene rings is 1. The molecular formula is C21H22FN5. The van der Waals surface area contributed by atoms with Crippen LogP contribution in [0, 0.1) is 5.82 Å². The summed E-state index contributed by atoms with van der Waals surface area (Å²) in [6, 6.07) is 12.4. The van der Waals surface area contributed by atoms with Gasteiger partial charge in [0.15, 0.2) is 0 Å². The minimum atomic E-state index is -0.264. The first-order valence-electron chi connectivity index (χ1n) is 9.35. The number of aromatic nitrogens is 3. The molecule has 1 fully saturated rings. The Kier molecular flexibility index (Phi) is 5.23. The second kappa shape index (κ2) is 8.12. The van der Waals surface area contributed by atoms with E-state index in [1.54, 1.807) is 24.5 Å². The molecule has 0 unspecified atom stereocenters. The first-order valence-corrected chi connectivity index (χ1v) is 9.35. The van der Waals surface area contributed by atoms with Crippen LogP contribution in [-0.2, 0) is 0 Å². The van der Waals surface area contributed by atoms with Crippen molar-refractivity contribution < 1.29 is 4.39 Å². The standard InChI is InChI=1S/C21H22FN5/c22-16-6-8-18(9-7-16)24-20-14-19(15-10-12-23-13-11-15)26-21(27-20)25-17-4-2-1-3-5-17/h6-14,17H,1-5H2,(H2,24,25,26,27). The van der Waals surface area contributed by atoms with E-state index in [2.05, 4.69) is 20.6 Å². The van der Waals surface area contributed by atoms with Gasteiger partial charge in [-0.3, -0.25) is 4.98 Å². The molecule has 3 aromatic rings. The van der Waals surface area contributed by atoms with Crippen LogP contribution in [-0.4, -0.2) is 21.0 Å². The average molecular weight is 363 g/mol. The third-order valence-electron chi connectivity index (χ3n) is 4.76. The van der Waals surface area contributed by atoms with Crippen LogP contribution >= 0.6 is 0 Å². The molecule has 0 saturated heterocycles. The summed E-state index contributed by atoms with van der Waals surface area (Å²) in [5.74, 6) is 1.02. The van der Waals surface area contributed by atoms with Crippen LogP contribution < -0.4 is 10.6 Å². The molecule has 5 nitrogen and oxygen atoms in total. The molecule has 1 aromatic carbocycles. The van der Waals surface area contributed by atoms with E-state index in [1.807, 2.05) is 18.2 Å². The molecule has 2 N–H and O–H groups in total. The van der Waals surface area contributed by atoms with Crippen molar-refractivity contribution in [1.29, 1.82) is 0 Å². The van der Waals surface area contributed by atoms with Gasteiger partial charge < -0.3 is 10.6 Å². The Morgan fingerprint density at radius 2 is 1.63 bits per heavy atom. The molecule has 2 aromatic heterocycles. The lowest BCUT2D eigenvalue weighted by Gasteiger charge is -2.23. The highest BCUT2D eigenvalue weighted by atomic mass is 19.1. The number of pyridine rings is 1. The summed E-state index contributed by atoms with van der Waals surface area (Å²) in [5, 5.41) is 6.73. The molecule has 0 spiro atoms. The van der Waals surface area contributed by atoms with Crippen LogP contribution in [0.2, 0.25) is 0 Å². The van der Waals surface area contributed by atoms with Crippen LogP contribution in [0.25, 0.3) is 11.3 Å². The van der Waals surface area contributed by atoms with E-state index in [9.17, 15) is 4.39 Å². The molecule has 27 heavy (non-hydrogen) atoms. The summed E-state index contributed by atoms with van der Waals surface area (Å²) in [4.78, 5) is 13.4. The van der Waals surface area contributed by atoms with E-state index in [-0.39, 0.29) is 5.82 Å². The zero-order chi connectivity index (χ0) is 18.5. The van der Waals surface area contributed by atoms with Crippen molar-refractivity contribution in [2.45, 2.75) is 38.1 Å². The van der Waals surface area contributed by atoms with Gasteiger partial charge in [-0.1, -0.05) is 19.3 Å². The lowest BCUT2D eigenvalue weighted by Crippen LogP contribution is -2.23. The number of anilines is 3. The van der Waals surface area contributed by atoms with Crippen molar-refractivity contribution in [3.8, 4) is 11.3 Å². The zero-order valence-corrected chi connectivity index (χ0v) is 15.0. The van der Waals surface area contributed by atoms with Crippen molar-refractivity contribution in [2.75, 3.05) is 10.6 Å². The molecule has 1 aliphatic carbocycles. The molecule has 1 aliphatic rings. The van der Waals surface area contributed by atoms with Crippen molar-refractivity contribution in [3.05, 3.63) is 60.7 Å². The number of rotatable bonds is 5. The summed E-state index contributed by atoms with van der Waals surface area (Å²) in [6.45, 7) is 0. The Balaban J connectivity index is 1.64. The largest absolute Gasteiger partial charge is 0.351 e. The van der Waals surface area contributed by atoms with Crippen LogP contribution in [0.4, 0.5) is 21.8 Å². The molecule has 1 saturated carbocycles. The fraction of sp³-hybridized carbons (Fsp3) is 0.286. The second-order valence-electron chi connectivity index (χ2n) is 6.81. The Morgan fingerprint density at radius 1 is 0.889 bits per heavy atom. The van der Waals surface area contributed by atoms with Gasteiger partial charge in [0.1, 0.15) is 11.6 Å². The molecule has 0 bridgehead atoms. The van der Waals surface area contributed by atoms with E-state index < -0.39 is 0 Å². The average Bonchev–Trinajstić information content (AvgIpc) is 2.71. The fourth-order valence-electron chi connectivity index (χ4n) is 3.36. The third kappa shape index (κ3) is 4.58. The smallest absolute Gasteiger partial charge is 0.225 e. The highest BCUT2D eigenvalue weighted by Crippen LogP contribution is 2.25. The van der Waals surface area contributed by atoms with Gasteiger partial charge in [0, 0.05) is 35.8 Å². The van der Waals surface area contributed by atoms with E-state index in [0.29, 0.717) is 17.8 Å². The summed E-state index contributed by atoms with van der Waals surface area (Å²) in [6.07, 6.45) is 9.56. The lowest BCUT2D eigenvalue weighted by molar-refractivity contribution is 0.461. The number of halogens is 1. The third-order valence-corrected chi connectivity index (χ3v) is 4.76. The maximum absolute atomic E-state index is 13.2. The van der Waals surface area contributed by atoms with Gasteiger partial charge >= 0.3 is 0 Å². The maximum Gasteiger partial charge on any atom is 0.225 e. The normalized spacial score (nSPS) is 14.7. The number of nitrogens with zero attached hydrogens (tertiary/aromatic N) is 3.